The largest absolute Gasteiger partial charge is 0.339 e. The van der Waals surface area contributed by atoms with Gasteiger partial charge in [0, 0.05) is 37.9 Å². The van der Waals surface area contributed by atoms with E-state index in [0.29, 0.717) is 30.4 Å². The van der Waals surface area contributed by atoms with Crippen molar-refractivity contribution in [3.8, 4) is 5.69 Å². The highest BCUT2D eigenvalue weighted by Gasteiger charge is 2.34. The molecule has 3 heterocycles. The van der Waals surface area contributed by atoms with Gasteiger partial charge in [-0.3, -0.25) is 14.3 Å². The van der Waals surface area contributed by atoms with Crippen LogP contribution >= 0.6 is 11.8 Å². The number of aromatic nitrogens is 3. The number of nitrogens with zero attached hydrogens (tertiary/aromatic N) is 5. The van der Waals surface area contributed by atoms with Gasteiger partial charge in [0.25, 0.3) is 0 Å². The second-order valence-corrected chi connectivity index (χ2v) is 11.2. The monoisotopic (exact) mass is 449 g/mol. The van der Waals surface area contributed by atoms with E-state index in [2.05, 4.69) is 41.1 Å². The first-order chi connectivity index (χ1) is 14.3. The van der Waals surface area contributed by atoms with E-state index in [0.717, 1.165) is 18.8 Å². The molecule has 10 heteroatoms. The van der Waals surface area contributed by atoms with Crippen molar-refractivity contribution in [3.05, 3.63) is 35.7 Å². The Labute approximate surface area is 181 Å². The molecule has 1 unspecified atom stereocenters. The molecule has 30 heavy (non-hydrogen) atoms. The molecule has 4 rings (SSSR count). The molecule has 2 aliphatic heterocycles. The van der Waals surface area contributed by atoms with E-state index in [1.54, 1.807) is 6.33 Å². The minimum Gasteiger partial charge on any atom is -0.339 e. The topological polar surface area (TPSA) is 88.4 Å². The first kappa shape index (κ1) is 21.3. The molecule has 2 aliphatic rings. The van der Waals surface area contributed by atoms with Crippen LogP contribution in [0.3, 0.4) is 0 Å². The summed E-state index contributed by atoms with van der Waals surface area (Å²) >= 11 is 1.39. The normalized spacial score (nSPS) is 21.8. The van der Waals surface area contributed by atoms with Crippen molar-refractivity contribution in [1.29, 1.82) is 0 Å². The predicted molar refractivity (Wildman–Crippen MR) is 117 cm³/mol. The molecule has 0 N–H and O–H groups in total. The molecular formula is C20H27N5O3S2. The predicted octanol–water partition coefficient (Wildman–Crippen LogP) is 1.31. The summed E-state index contributed by atoms with van der Waals surface area (Å²) in [5.74, 6) is 0.925. The summed E-state index contributed by atoms with van der Waals surface area (Å²) in [6, 6.07) is 6.30. The van der Waals surface area contributed by atoms with Crippen molar-refractivity contribution in [1.82, 2.24) is 24.6 Å². The molecule has 1 atom stereocenters. The Morgan fingerprint density at radius 3 is 2.60 bits per heavy atom. The first-order valence-electron chi connectivity index (χ1n) is 10.1. The van der Waals surface area contributed by atoms with Crippen molar-refractivity contribution in [2.45, 2.75) is 31.5 Å². The van der Waals surface area contributed by atoms with Crippen molar-refractivity contribution in [3.63, 3.8) is 0 Å². The number of hydrogen-bond donors (Lipinski definition) is 0. The number of thioether (sulfide) groups is 1. The maximum absolute atomic E-state index is 12.7. The summed E-state index contributed by atoms with van der Waals surface area (Å²) in [4.78, 5) is 16.8. The molecule has 1 aromatic heterocycles. The Morgan fingerprint density at radius 1 is 1.17 bits per heavy atom. The number of amides is 1. The third-order valence-corrected chi connectivity index (χ3v) is 8.68. The highest BCUT2D eigenvalue weighted by molar-refractivity contribution is 7.99. The van der Waals surface area contributed by atoms with E-state index in [1.807, 2.05) is 15.5 Å². The number of aryl methyl sites for hydroxylation is 2. The van der Waals surface area contributed by atoms with Crippen molar-refractivity contribution < 1.29 is 13.2 Å². The van der Waals surface area contributed by atoms with Crippen LogP contribution in [0.2, 0.25) is 0 Å². The van der Waals surface area contributed by atoms with Crippen molar-refractivity contribution in [2.24, 2.45) is 0 Å². The molecule has 0 aliphatic carbocycles. The van der Waals surface area contributed by atoms with E-state index in [1.165, 1.54) is 22.9 Å². The number of hydrogen-bond acceptors (Lipinski definition) is 7. The average Bonchev–Trinajstić information content (AvgIpc) is 3.34. The summed E-state index contributed by atoms with van der Waals surface area (Å²) in [6.07, 6.45) is 2.38. The molecule has 1 amide bonds. The van der Waals surface area contributed by atoms with Gasteiger partial charge in [-0.15, -0.1) is 10.2 Å². The Hall–Kier alpha value is -1.91. The molecule has 0 spiro atoms. The second kappa shape index (κ2) is 8.68. The molecular weight excluding hydrogens is 422 g/mol. The Balaban J connectivity index is 1.31. The van der Waals surface area contributed by atoms with Gasteiger partial charge < -0.3 is 4.90 Å². The fourth-order valence-corrected chi connectivity index (χ4v) is 6.59. The summed E-state index contributed by atoms with van der Waals surface area (Å²) in [6.45, 7) is 6.88. The summed E-state index contributed by atoms with van der Waals surface area (Å²) in [5.41, 5.74) is 3.41. The molecule has 1 aromatic carbocycles. The first-order valence-corrected chi connectivity index (χ1v) is 13.0. The fourth-order valence-electron chi connectivity index (χ4n) is 3.99. The van der Waals surface area contributed by atoms with E-state index >= 15 is 0 Å². The SMILES string of the molecule is Cc1ccc(-n2cnnc2SCC(=O)N2CCN(C3CCS(=O)(=O)C3)CC2)cc1C. The molecule has 0 saturated carbocycles. The summed E-state index contributed by atoms with van der Waals surface area (Å²) in [5, 5.41) is 8.89. The smallest absolute Gasteiger partial charge is 0.233 e. The van der Waals surface area contributed by atoms with Crippen LogP contribution in [0.25, 0.3) is 5.69 Å². The number of piperazine rings is 1. The molecule has 0 bridgehead atoms. The highest BCUT2D eigenvalue weighted by Crippen LogP contribution is 2.23. The van der Waals surface area contributed by atoms with Gasteiger partial charge in [0.05, 0.1) is 17.3 Å². The minimum atomic E-state index is -2.88. The Bertz CT molecular complexity index is 1030. The van der Waals surface area contributed by atoms with Crippen LogP contribution in [0.4, 0.5) is 0 Å². The molecule has 2 saturated heterocycles. The van der Waals surface area contributed by atoms with Crippen LogP contribution in [0.1, 0.15) is 17.5 Å². The number of carbonyl (C=O) groups is 1. The van der Waals surface area contributed by atoms with E-state index < -0.39 is 9.84 Å². The van der Waals surface area contributed by atoms with E-state index in [9.17, 15) is 13.2 Å². The second-order valence-electron chi connectivity index (χ2n) is 8.01. The summed E-state index contributed by atoms with van der Waals surface area (Å²) in [7, 11) is -2.88. The number of rotatable bonds is 5. The lowest BCUT2D eigenvalue weighted by Crippen LogP contribution is -2.52. The van der Waals surface area contributed by atoms with Crippen LogP contribution in [-0.2, 0) is 14.6 Å². The van der Waals surface area contributed by atoms with Crippen LogP contribution in [0.5, 0.6) is 0 Å². The van der Waals surface area contributed by atoms with Gasteiger partial charge in [-0.05, 0) is 43.5 Å². The minimum absolute atomic E-state index is 0.0772. The van der Waals surface area contributed by atoms with Gasteiger partial charge in [0.15, 0.2) is 15.0 Å². The summed E-state index contributed by atoms with van der Waals surface area (Å²) < 4.78 is 25.3. The maximum atomic E-state index is 12.7. The van der Waals surface area contributed by atoms with Gasteiger partial charge >= 0.3 is 0 Å². The number of benzene rings is 1. The lowest BCUT2D eigenvalue weighted by molar-refractivity contribution is -0.130. The van der Waals surface area contributed by atoms with Crippen LogP contribution < -0.4 is 0 Å². The molecule has 0 radical (unpaired) electrons. The van der Waals surface area contributed by atoms with Crippen LogP contribution in [-0.4, -0.2) is 88.4 Å². The number of carbonyl (C=O) groups excluding carboxylic acids is 1. The van der Waals surface area contributed by atoms with Gasteiger partial charge in [-0.25, -0.2) is 8.42 Å². The molecule has 8 nitrogen and oxygen atoms in total. The van der Waals surface area contributed by atoms with E-state index in [4.69, 9.17) is 0 Å². The molecule has 2 fully saturated rings. The van der Waals surface area contributed by atoms with Crippen LogP contribution in [0, 0.1) is 13.8 Å². The molecule has 2 aromatic rings. The maximum Gasteiger partial charge on any atom is 0.233 e. The highest BCUT2D eigenvalue weighted by atomic mass is 32.2. The van der Waals surface area contributed by atoms with Gasteiger partial charge in [0.2, 0.25) is 5.91 Å². The van der Waals surface area contributed by atoms with Crippen molar-refractivity contribution >= 4 is 27.5 Å². The fraction of sp³-hybridized carbons (Fsp3) is 0.550. The van der Waals surface area contributed by atoms with Gasteiger partial charge in [-0.1, -0.05) is 17.8 Å². The third kappa shape index (κ3) is 4.70. The lowest BCUT2D eigenvalue weighted by atomic mass is 10.1. The zero-order valence-electron chi connectivity index (χ0n) is 17.3. The zero-order valence-corrected chi connectivity index (χ0v) is 19.0. The molecule has 162 valence electrons. The zero-order chi connectivity index (χ0) is 21.3. The quantitative estimate of drug-likeness (QED) is 0.636. The standard InChI is InChI=1S/C20H27N5O3S2/c1-15-3-4-17(11-16(15)2)25-14-21-22-20(25)29-12-19(26)24-8-6-23(7-9-24)18-5-10-30(27,28)13-18/h3-4,11,14,18H,5-10,12-13H2,1-2H3. The van der Waals surface area contributed by atoms with Gasteiger partial charge in [-0.2, -0.15) is 0 Å². The van der Waals surface area contributed by atoms with Gasteiger partial charge in [0.1, 0.15) is 6.33 Å². The Kier molecular flexibility index (Phi) is 6.17. The van der Waals surface area contributed by atoms with Crippen LogP contribution in [0.15, 0.2) is 29.7 Å². The lowest BCUT2D eigenvalue weighted by Gasteiger charge is -2.37. The third-order valence-electron chi connectivity index (χ3n) is 6.00. The number of sulfone groups is 1. The Morgan fingerprint density at radius 2 is 1.93 bits per heavy atom. The average molecular weight is 450 g/mol. The van der Waals surface area contributed by atoms with E-state index in [-0.39, 0.29) is 23.5 Å². The van der Waals surface area contributed by atoms with Crippen molar-refractivity contribution in [2.75, 3.05) is 43.4 Å².